The van der Waals surface area contributed by atoms with Gasteiger partial charge < -0.3 is 4.74 Å². The van der Waals surface area contributed by atoms with Crippen LogP contribution in [0.25, 0.3) is 22.3 Å². The van der Waals surface area contributed by atoms with Crippen LogP contribution in [0.2, 0.25) is 0 Å². The molecule has 0 N–H and O–H groups in total. The minimum Gasteiger partial charge on any atom is -0.380 e. The first kappa shape index (κ1) is 16.8. The highest BCUT2D eigenvalue weighted by Crippen LogP contribution is 2.31. The Morgan fingerprint density at radius 2 is 1.79 bits per heavy atom. The standard InChI is InChI=1S/C20H18N6O2/c1-20(12-28-13-20)11-25-18(14-7-3-2-4-8-14)17(22-23-25)19(27)26-16-10-6-5-9-15(16)21-24-26/h2-10H,11-13H2,1H3. The molecule has 1 saturated heterocycles. The van der Waals surface area contributed by atoms with E-state index in [0.717, 1.165) is 5.56 Å². The molecule has 1 aliphatic rings. The molecule has 28 heavy (non-hydrogen) atoms. The van der Waals surface area contributed by atoms with Crippen molar-refractivity contribution in [2.75, 3.05) is 13.2 Å². The fourth-order valence-corrected chi connectivity index (χ4v) is 3.47. The summed E-state index contributed by atoms with van der Waals surface area (Å²) in [6.07, 6.45) is 0. The highest BCUT2D eigenvalue weighted by molar-refractivity contribution is 6.02. The summed E-state index contributed by atoms with van der Waals surface area (Å²) in [4.78, 5) is 13.3. The number of para-hydroxylation sites is 1. The predicted octanol–water partition coefficient (Wildman–Crippen LogP) is 2.41. The van der Waals surface area contributed by atoms with Crippen LogP contribution in [0.1, 0.15) is 17.4 Å². The van der Waals surface area contributed by atoms with E-state index in [1.165, 1.54) is 4.68 Å². The number of aromatic nitrogens is 6. The molecule has 0 saturated carbocycles. The monoisotopic (exact) mass is 374 g/mol. The molecule has 0 aliphatic carbocycles. The molecule has 5 rings (SSSR count). The quantitative estimate of drug-likeness (QED) is 0.545. The highest BCUT2D eigenvalue weighted by Gasteiger charge is 2.36. The van der Waals surface area contributed by atoms with Crippen LogP contribution in [0.3, 0.4) is 0 Å². The molecule has 0 unspecified atom stereocenters. The van der Waals surface area contributed by atoms with Crippen LogP contribution < -0.4 is 0 Å². The van der Waals surface area contributed by atoms with Crippen molar-refractivity contribution in [2.24, 2.45) is 5.41 Å². The fourth-order valence-electron chi connectivity index (χ4n) is 3.47. The third-order valence-electron chi connectivity index (χ3n) is 4.96. The molecule has 2 aromatic heterocycles. The first-order valence-corrected chi connectivity index (χ1v) is 9.06. The second-order valence-corrected chi connectivity index (χ2v) is 7.41. The molecule has 1 aliphatic heterocycles. The van der Waals surface area contributed by atoms with Gasteiger partial charge in [-0.15, -0.1) is 10.2 Å². The van der Waals surface area contributed by atoms with Crippen molar-refractivity contribution >= 4 is 16.9 Å². The van der Waals surface area contributed by atoms with Gasteiger partial charge in [0.2, 0.25) is 0 Å². The van der Waals surface area contributed by atoms with Crippen LogP contribution in [0.15, 0.2) is 54.6 Å². The van der Waals surface area contributed by atoms with E-state index in [9.17, 15) is 4.79 Å². The Hall–Kier alpha value is -3.39. The van der Waals surface area contributed by atoms with Crippen molar-refractivity contribution in [2.45, 2.75) is 13.5 Å². The van der Waals surface area contributed by atoms with Crippen molar-refractivity contribution in [3.8, 4) is 11.3 Å². The van der Waals surface area contributed by atoms with E-state index in [1.807, 2.05) is 54.6 Å². The maximum Gasteiger partial charge on any atom is 0.302 e. The van der Waals surface area contributed by atoms with Crippen molar-refractivity contribution < 1.29 is 9.53 Å². The molecule has 0 radical (unpaired) electrons. The molecule has 0 amide bonds. The SMILES string of the molecule is CC1(Cn2nnc(C(=O)n3nnc4ccccc43)c2-c2ccccc2)COC1. The summed E-state index contributed by atoms with van der Waals surface area (Å²) >= 11 is 0. The molecule has 3 heterocycles. The molecule has 1 fully saturated rings. The van der Waals surface area contributed by atoms with Gasteiger partial charge in [-0.1, -0.05) is 59.8 Å². The summed E-state index contributed by atoms with van der Waals surface area (Å²) in [6.45, 7) is 4.09. The summed E-state index contributed by atoms with van der Waals surface area (Å²) in [5, 5.41) is 16.6. The molecular weight excluding hydrogens is 356 g/mol. The van der Waals surface area contributed by atoms with Gasteiger partial charge in [0.25, 0.3) is 0 Å². The summed E-state index contributed by atoms with van der Waals surface area (Å²) in [5.41, 5.74) is 3.09. The van der Waals surface area contributed by atoms with Gasteiger partial charge in [-0.05, 0) is 12.1 Å². The van der Waals surface area contributed by atoms with Gasteiger partial charge in [-0.2, -0.15) is 4.68 Å². The number of hydrogen-bond acceptors (Lipinski definition) is 6. The number of nitrogens with zero attached hydrogens (tertiary/aromatic N) is 6. The lowest BCUT2D eigenvalue weighted by Gasteiger charge is -2.37. The molecule has 8 nitrogen and oxygen atoms in total. The Balaban J connectivity index is 1.63. The van der Waals surface area contributed by atoms with Crippen LogP contribution in [-0.4, -0.2) is 49.1 Å². The van der Waals surface area contributed by atoms with Crippen molar-refractivity contribution in [1.82, 2.24) is 30.0 Å². The normalized spacial score (nSPS) is 15.5. The van der Waals surface area contributed by atoms with Gasteiger partial charge in [-0.3, -0.25) is 4.79 Å². The van der Waals surface area contributed by atoms with Crippen LogP contribution in [0.4, 0.5) is 0 Å². The third kappa shape index (κ3) is 2.69. The van der Waals surface area contributed by atoms with Gasteiger partial charge in [-0.25, -0.2) is 4.68 Å². The number of ether oxygens (including phenoxy) is 1. The number of hydrogen-bond donors (Lipinski definition) is 0. The Kier molecular flexibility index (Phi) is 3.80. The first-order valence-electron chi connectivity index (χ1n) is 9.06. The topological polar surface area (TPSA) is 87.7 Å². The van der Waals surface area contributed by atoms with Crippen LogP contribution in [0.5, 0.6) is 0 Å². The van der Waals surface area contributed by atoms with Gasteiger partial charge >= 0.3 is 5.91 Å². The summed E-state index contributed by atoms with van der Waals surface area (Å²) in [7, 11) is 0. The Bertz CT molecular complexity index is 1160. The average molecular weight is 374 g/mol. The average Bonchev–Trinajstić information content (AvgIpc) is 3.31. The number of rotatable bonds is 4. The number of benzene rings is 2. The fraction of sp³-hybridized carbons (Fsp3) is 0.250. The number of fused-ring (bicyclic) bond motifs is 1. The molecule has 140 valence electrons. The molecule has 0 bridgehead atoms. The minimum atomic E-state index is -0.353. The Morgan fingerprint density at radius 1 is 1.04 bits per heavy atom. The molecule has 4 aromatic rings. The summed E-state index contributed by atoms with van der Waals surface area (Å²) in [5.74, 6) is -0.353. The van der Waals surface area contributed by atoms with Crippen molar-refractivity contribution in [3.05, 3.63) is 60.3 Å². The Labute approximate surface area is 160 Å². The molecular formula is C20H18N6O2. The van der Waals surface area contributed by atoms with E-state index in [0.29, 0.717) is 36.5 Å². The lowest BCUT2D eigenvalue weighted by molar-refractivity contribution is -0.111. The zero-order valence-electron chi connectivity index (χ0n) is 15.3. The second-order valence-electron chi connectivity index (χ2n) is 7.41. The van der Waals surface area contributed by atoms with E-state index < -0.39 is 0 Å². The molecule has 0 spiro atoms. The lowest BCUT2D eigenvalue weighted by atomic mass is 9.88. The van der Waals surface area contributed by atoms with Gasteiger partial charge in [0, 0.05) is 11.0 Å². The first-order chi connectivity index (χ1) is 13.6. The highest BCUT2D eigenvalue weighted by atomic mass is 16.5. The third-order valence-corrected chi connectivity index (χ3v) is 4.96. The van der Waals surface area contributed by atoms with Crippen LogP contribution in [-0.2, 0) is 11.3 Å². The van der Waals surface area contributed by atoms with Crippen LogP contribution in [0, 0.1) is 5.41 Å². The smallest absolute Gasteiger partial charge is 0.302 e. The zero-order chi connectivity index (χ0) is 19.1. The predicted molar refractivity (Wildman–Crippen MR) is 102 cm³/mol. The maximum absolute atomic E-state index is 13.3. The number of carbonyl (C=O) groups is 1. The van der Waals surface area contributed by atoms with Gasteiger partial charge in [0.05, 0.1) is 25.3 Å². The molecule has 2 aromatic carbocycles. The van der Waals surface area contributed by atoms with E-state index in [2.05, 4.69) is 27.5 Å². The van der Waals surface area contributed by atoms with Gasteiger partial charge in [0.1, 0.15) is 11.2 Å². The van der Waals surface area contributed by atoms with Crippen molar-refractivity contribution in [3.63, 3.8) is 0 Å². The summed E-state index contributed by atoms with van der Waals surface area (Å²) in [6, 6.07) is 17.0. The second kappa shape index (κ2) is 6.35. The summed E-state index contributed by atoms with van der Waals surface area (Å²) < 4.78 is 8.44. The van der Waals surface area contributed by atoms with Crippen LogP contribution >= 0.6 is 0 Å². The number of carbonyl (C=O) groups excluding carboxylic acids is 1. The largest absolute Gasteiger partial charge is 0.380 e. The molecule has 0 atom stereocenters. The van der Waals surface area contributed by atoms with Gasteiger partial charge in [0.15, 0.2) is 5.69 Å². The van der Waals surface area contributed by atoms with Crippen molar-refractivity contribution in [1.29, 1.82) is 0 Å². The Morgan fingerprint density at radius 3 is 2.54 bits per heavy atom. The maximum atomic E-state index is 13.3. The van der Waals surface area contributed by atoms with E-state index >= 15 is 0 Å². The lowest BCUT2D eigenvalue weighted by Crippen LogP contribution is -2.43. The van der Waals surface area contributed by atoms with E-state index in [1.54, 1.807) is 4.68 Å². The molecule has 8 heteroatoms. The zero-order valence-corrected chi connectivity index (χ0v) is 15.3. The minimum absolute atomic E-state index is 0.0164. The van der Waals surface area contributed by atoms with E-state index in [-0.39, 0.29) is 17.0 Å². The van der Waals surface area contributed by atoms with E-state index in [4.69, 9.17) is 4.74 Å².